The number of nitrogens with zero attached hydrogens (tertiary/aromatic N) is 2. The predicted octanol–water partition coefficient (Wildman–Crippen LogP) is 3.59. The van der Waals surface area contributed by atoms with E-state index in [0.29, 0.717) is 18.2 Å². The van der Waals surface area contributed by atoms with Crippen molar-refractivity contribution in [3.63, 3.8) is 0 Å². The maximum absolute atomic E-state index is 12.3. The van der Waals surface area contributed by atoms with Crippen molar-refractivity contribution in [2.75, 3.05) is 33.4 Å². The minimum Gasteiger partial charge on any atom is -0.496 e. The molecule has 166 valence electrons. The first-order valence-electron chi connectivity index (χ1n) is 11.3. The van der Waals surface area contributed by atoms with E-state index in [2.05, 4.69) is 40.3 Å². The molecule has 2 saturated heterocycles. The van der Waals surface area contributed by atoms with Gasteiger partial charge in [-0.15, -0.1) is 0 Å². The van der Waals surface area contributed by atoms with Crippen molar-refractivity contribution in [1.82, 2.24) is 15.2 Å². The van der Waals surface area contributed by atoms with E-state index in [-0.39, 0.29) is 11.5 Å². The van der Waals surface area contributed by atoms with Crippen LogP contribution in [0.5, 0.6) is 5.75 Å². The third-order valence-electron chi connectivity index (χ3n) is 6.68. The minimum atomic E-state index is -0.0919. The van der Waals surface area contributed by atoms with Crippen molar-refractivity contribution in [3.8, 4) is 5.75 Å². The number of rotatable bonds is 6. The van der Waals surface area contributed by atoms with Gasteiger partial charge >= 0.3 is 0 Å². The predicted molar refractivity (Wildman–Crippen MR) is 120 cm³/mol. The quantitative estimate of drug-likeness (QED) is 0.769. The molecule has 3 heterocycles. The van der Waals surface area contributed by atoms with Gasteiger partial charge in [-0.25, -0.2) is 0 Å². The van der Waals surface area contributed by atoms with Crippen molar-refractivity contribution in [3.05, 3.63) is 59.4 Å². The van der Waals surface area contributed by atoms with E-state index >= 15 is 0 Å². The number of benzene rings is 1. The van der Waals surface area contributed by atoms with Crippen molar-refractivity contribution in [2.45, 2.75) is 44.8 Å². The number of hydrogen-bond acceptors (Lipinski definition) is 5. The molecule has 1 N–H and O–H groups in total. The normalized spacial score (nSPS) is 21.0. The number of ether oxygens (including phenoxy) is 2. The van der Waals surface area contributed by atoms with Crippen LogP contribution >= 0.6 is 0 Å². The molecule has 0 bridgehead atoms. The molecule has 1 aromatic carbocycles. The standard InChI is InChI=1S/C25H33N3O3/c1-19-15-20(6-7-23(19)30-2)18-28-12-9-25(10-13-28)16-21(8-14-31-25)17-27-24(29)22-5-3-4-11-26-22/h3-7,11,15,21H,8-10,12-14,16-18H2,1-2H3,(H,27,29). The molecule has 2 fully saturated rings. The number of nitrogens with one attached hydrogen (secondary N) is 1. The van der Waals surface area contributed by atoms with Crippen LogP contribution in [0.2, 0.25) is 0 Å². The number of methoxy groups -OCH3 is 1. The summed E-state index contributed by atoms with van der Waals surface area (Å²) in [5, 5.41) is 3.07. The monoisotopic (exact) mass is 423 g/mol. The van der Waals surface area contributed by atoms with Gasteiger partial charge in [0.1, 0.15) is 11.4 Å². The Balaban J connectivity index is 1.27. The molecule has 0 saturated carbocycles. The topological polar surface area (TPSA) is 63.7 Å². The SMILES string of the molecule is COc1ccc(CN2CCC3(CC2)CC(CNC(=O)c2ccccn2)CCO3)cc1C. The lowest BCUT2D eigenvalue weighted by molar-refractivity contribution is -0.127. The molecular formula is C25H33N3O3. The molecule has 1 spiro atoms. The fourth-order valence-corrected chi connectivity index (χ4v) is 4.89. The largest absolute Gasteiger partial charge is 0.496 e. The highest BCUT2D eigenvalue weighted by molar-refractivity contribution is 5.92. The molecule has 4 rings (SSSR count). The average Bonchev–Trinajstić information content (AvgIpc) is 2.80. The Morgan fingerprint density at radius 2 is 2.13 bits per heavy atom. The third kappa shape index (κ3) is 5.43. The summed E-state index contributed by atoms with van der Waals surface area (Å²) in [6.45, 7) is 6.61. The molecule has 0 aliphatic carbocycles. The number of piperidine rings is 1. The molecular weight excluding hydrogens is 390 g/mol. The Kier molecular flexibility index (Phi) is 6.88. The van der Waals surface area contributed by atoms with E-state index < -0.39 is 0 Å². The van der Waals surface area contributed by atoms with Crippen LogP contribution in [0.1, 0.15) is 47.3 Å². The number of carbonyl (C=O) groups is 1. The van der Waals surface area contributed by atoms with Crippen LogP contribution in [0.4, 0.5) is 0 Å². The van der Waals surface area contributed by atoms with E-state index in [4.69, 9.17) is 9.47 Å². The fraction of sp³-hybridized carbons (Fsp3) is 0.520. The second-order valence-electron chi connectivity index (χ2n) is 8.90. The molecule has 2 aliphatic heterocycles. The van der Waals surface area contributed by atoms with E-state index in [1.54, 1.807) is 19.4 Å². The van der Waals surface area contributed by atoms with Gasteiger partial charge in [0.2, 0.25) is 0 Å². The summed E-state index contributed by atoms with van der Waals surface area (Å²) in [5.74, 6) is 1.31. The molecule has 1 atom stereocenters. The smallest absolute Gasteiger partial charge is 0.269 e. The number of pyridine rings is 1. The zero-order chi connectivity index (χ0) is 21.7. The number of amides is 1. The van der Waals surface area contributed by atoms with Crippen molar-refractivity contribution < 1.29 is 14.3 Å². The molecule has 1 aromatic heterocycles. The van der Waals surface area contributed by atoms with E-state index in [0.717, 1.165) is 57.7 Å². The van der Waals surface area contributed by atoms with Gasteiger partial charge in [0.05, 0.1) is 12.7 Å². The second-order valence-corrected chi connectivity index (χ2v) is 8.90. The van der Waals surface area contributed by atoms with E-state index in [1.807, 2.05) is 12.1 Å². The molecule has 6 nitrogen and oxygen atoms in total. The van der Waals surface area contributed by atoms with Gasteiger partial charge in [-0.2, -0.15) is 0 Å². The van der Waals surface area contributed by atoms with E-state index in [1.165, 1.54) is 11.1 Å². The van der Waals surface area contributed by atoms with E-state index in [9.17, 15) is 4.79 Å². The number of carbonyl (C=O) groups excluding carboxylic acids is 1. The van der Waals surface area contributed by atoms with Gasteiger partial charge in [0.15, 0.2) is 0 Å². The van der Waals surface area contributed by atoms with Crippen LogP contribution in [0.15, 0.2) is 42.6 Å². The highest BCUT2D eigenvalue weighted by Gasteiger charge is 2.40. The number of aromatic nitrogens is 1. The Labute approximate surface area is 185 Å². The van der Waals surface area contributed by atoms with Gasteiger partial charge in [0, 0.05) is 39.0 Å². The van der Waals surface area contributed by atoms with Crippen LogP contribution in [0.3, 0.4) is 0 Å². The summed E-state index contributed by atoms with van der Waals surface area (Å²) < 4.78 is 11.7. The van der Waals surface area contributed by atoms with Gasteiger partial charge in [-0.05, 0) is 67.9 Å². The first-order valence-corrected chi connectivity index (χ1v) is 11.3. The van der Waals surface area contributed by atoms with Gasteiger partial charge < -0.3 is 14.8 Å². The molecule has 1 amide bonds. The van der Waals surface area contributed by atoms with Gasteiger partial charge in [0.25, 0.3) is 5.91 Å². The summed E-state index contributed by atoms with van der Waals surface area (Å²) in [6, 6.07) is 11.9. The summed E-state index contributed by atoms with van der Waals surface area (Å²) in [6.07, 6.45) is 5.77. The zero-order valence-electron chi connectivity index (χ0n) is 18.6. The van der Waals surface area contributed by atoms with Crippen LogP contribution in [-0.2, 0) is 11.3 Å². The van der Waals surface area contributed by atoms with Crippen LogP contribution in [0.25, 0.3) is 0 Å². The Bertz CT molecular complexity index is 879. The lowest BCUT2D eigenvalue weighted by atomic mass is 9.79. The highest BCUT2D eigenvalue weighted by atomic mass is 16.5. The molecule has 2 aromatic rings. The Morgan fingerprint density at radius 1 is 1.29 bits per heavy atom. The first kappa shape index (κ1) is 21.8. The zero-order valence-corrected chi connectivity index (χ0v) is 18.6. The molecule has 0 radical (unpaired) electrons. The Hall–Kier alpha value is -2.44. The third-order valence-corrected chi connectivity index (χ3v) is 6.68. The number of likely N-dealkylation sites (tertiary alicyclic amines) is 1. The fourth-order valence-electron chi connectivity index (χ4n) is 4.89. The maximum Gasteiger partial charge on any atom is 0.269 e. The lowest BCUT2D eigenvalue weighted by Crippen LogP contribution is -2.50. The van der Waals surface area contributed by atoms with Crippen molar-refractivity contribution >= 4 is 5.91 Å². The van der Waals surface area contributed by atoms with Crippen LogP contribution in [-0.4, -0.2) is 54.7 Å². The summed E-state index contributed by atoms with van der Waals surface area (Å²) in [4.78, 5) is 19.0. The van der Waals surface area contributed by atoms with Crippen LogP contribution < -0.4 is 10.1 Å². The average molecular weight is 424 g/mol. The van der Waals surface area contributed by atoms with Gasteiger partial charge in [-0.3, -0.25) is 14.7 Å². The minimum absolute atomic E-state index is 0.0367. The highest BCUT2D eigenvalue weighted by Crippen LogP contribution is 2.37. The lowest BCUT2D eigenvalue weighted by Gasteiger charge is -2.46. The summed E-state index contributed by atoms with van der Waals surface area (Å²) in [7, 11) is 1.72. The molecule has 31 heavy (non-hydrogen) atoms. The Morgan fingerprint density at radius 3 is 2.84 bits per heavy atom. The number of aryl methyl sites for hydroxylation is 1. The van der Waals surface area contributed by atoms with Crippen molar-refractivity contribution in [1.29, 1.82) is 0 Å². The maximum atomic E-state index is 12.3. The second kappa shape index (κ2) is 9.79. The van der Waals surface area contributed by atoms with Crippen LogP contribution in [0, 0.1) is 12.8 Å². The first-order chi connectivity index (χ1) is 15.1. The summed E-state index contributed by atoms with van der Waals surface area (Å²) >= 11 is 0. The number of hydrogen-bond donors (Lipinski definition) is 1. The van der Waals surface area contributed by atoms with Gasteiger partial charge in [-0.1, -0.05) is 18.2 Å². The van der Waals surface area contributed by atoms with Crippen molar-refractivity contribution in [2.24, 2.45) is 5.92 Å². The molecule has 2 aliphatic rings. The summed E-state index contributed by atoms with van der Waals surface area (Å²) in [5.41, 5.74) is 2.95. The molecule has 6 heteroatoms. The molecule has 1 unspecified atom stereocenters.